The zero-order chi connectivity index (χ0) is 13.0. The monoisotopic (exact) mass is 247 g/mol. The summed E-state index contributed by atoms with van der Waals surface area (Å²) >= 11 is 0. The summed E-state index contributed by atoms with van der Waals surface area (Å²) in [4.78, 5) is 13.6. The highest BCUT2D eigenvalue weighted by Crippen LogP contribution is 2.14. The summed E-state index contributed by atoms with van der Waals surface area (Å²) in [5, 5.41) is 3.40. The molecule has 1 fully saturated rings. The van der Waals surface area contributed by atoms with E-state index in [4.69, 9.17) is 5.73 Å². The van der Waals surface area contributed by atoms with Crippen molar-refractivity contribution in [3.8, 4) is 0 Å². The van der Waals surface area contributed by atoms with E-state index in [9.17, 15) is 4.79 Å². The largest absolute Gasteiger partial charge is 0.366 e. The molecule has 0 spiro atoms. The lowest BCUT2D eigenvalue weighted by atomic mass is 10.0. The normalized spacial score (nSPS) is 17.4. The van der Waals surface area contributed by atoms with Crippen LogP contribution in [0.1, 0.15) is 27.9 Å². The maximum atomic E-state index is 11.1. The van der Waals surface area contributed by atoms with E-state index in [0.717, 1.165) is 38.3 Å². The van der Waals surface area contributed by atoms with Gasteiger partial charge in [-0.3, -0.25) is 9.69 Å². The van der Waals surface area contributed by atoms with Crippen LogP contribution < -0.4 is 11.1 Å². The van der Waals surface area contributed by atoms with Crippen molar-refractivity contribution in [2.24, 2.45) is 5.73 Å². The van der Waals surface area contributed by atoms with Crippen LogP contribution in [0, 0.1) is 6.92 Å². The van der Waals surface area contributed by atoms with Gasteiger partial charge in [0.15, 0.2) is 0 Å². The molecular weight excluding hydrogens is 226 g/mol. The molecule has 1 aliphatic rings. The number of amides is 1. The fourth-order valence-electron chi connectivity index (χ4n) is 2.33. The lowest BCUT2D eigenvalue weighted by Crippen LogP contribution is -2.28. The number of carbonyl (C=O) groups is 1. The van der Waals surface area contributed by atoms with Crippen LogP contribution in [0.5, 0.6) is 0 Å². The van der Waals surface area contributed by atoms with Crippen LogP contribution in [0.25, 0.3) is 0 Å². The Kier molecular flexibility index (Phi) is 4.33. The van der Waals surface area contributed by atoms with E-state index in [-0.39, 0.29) is 5.91 Å². The Labute approximate surface area is 108 Å². The van der Waals surface area contributed by atoms with Gasteiger partial charge in [-0.05, 0) is 49.7 Å². The van der Waals surface area contributed by atoms with Gasteiger partial charge in [0.05, 0.1) is 0 Å². The van der Waals surface area contributed by atoms with Crippen molar-refractivity contribution in [3.63, 3.8) is 0 Å². The van der Waals surface area contributed by atoms with Crippen LogP contribution in [0.15, 0.2) is 18.2 Å². The first-order valence-corrected chi connectivity index (χ1v) is 6.49. The lowest BCUT2D eigenvalue weighted by Gasteiger charge is -2.20. The van der Waals surface area contributed by atoms with Gasteiger partial charge in [0.25, 0.3) is 0 Å². The van der Waals surface area contributed by atoms with Gasteiger partial charge in [-0.25, -0.2) is 0 Å². The standard InChI is InChI=1S/C14H21N3O/c1-11-9-12(14(15)18)3-4-13(11)10-17-7-2-5-16-6-8-17/h3-4,9,16H,2,5-8,10H2,1H3,(H2,15,18). The van der Waals surface area contributed by atoms with Crippen LogP contribution in [0.4, 0.5) is 0 Å². The van der Waals surface area contributed by atoms with Crippen molar-refractivity contribution in [1.29, 1.82) is 0 Å². The number of aryl methyl sites for hydroxylation is 1. The fraction of sp³-hybridized carbons (Fsp3) is 0.500. The molecule has 1 aliphatic heterocycles. The summed E-state index contributed by atoms with van der Waals surface area (Å²) in [7, 11) is 0. The summed E-state index contributed by atoms with van der Waals surface area (Å²) < 4.78 is 0. The lowest BCUT2D eigenvalue weighted by molar-refractivity contribution is 0.1000. The van der Waals surface area contributed by atoms with Crippen LogP contribution in [-0.2, 0) is 6.54 Å². The molecule has 2 rings (SSSR count). The summed E-state index contributed by atoms with van der Waals surface area (Å²) in [5.41, 5.74) is 8.29. The van der Waals surface area contributed by atoms with E-state index >= 15 is 0 Å². The van der Waals surface area contributed by atoms with E-state index in [1.165, 1.54) is 12.0 Å². The molecule has 0 bridgehead atoms. The molecule has 0 atom stereocenters. The fourth-order valence-corrected chi connectivity index (χ4v) is 2.33. The minimum Gasteiger partial charge on any atom is -0.366 e. The summed E-state index contributed by atoms with van der Waals surface area (Å²) in [5.74, 6) is -0.358. The Morgan fingerprint density at radius 1 is 1.39 bits per heavy atom. The summed E-state index contributed by atoms with van der Waals surface area (Å²) in [6, 6.07) is 5.72. The van der Waals surface area contributed by atoms with Gasteiger partial charge in [0, 0.05) is 25.2 Å². The highest BCUT2D eigenvalue weighted by Gasteiger charge is 2.11. The smallest absolute Gasteiger partial charge is 0.248 e. The molecule has 0 saturated carbocycles. The molecule has 1 amide bonds. The molecule has 0 unspecified atom stereocenters. The van der Waals surface area contributed by atoms with Crippen LogP contribution in [-0.4, -0.2) is 37.0 Å². The minimum absolute atomic E-state index is 0.358. The molecule has 1 heterocycles. The van der Waals surface area contributed by atoms with E-state index in [1.807, 2.05) is 25.1 Å². The third kappa shape index (κ3) is 3.31. The second-order valence-corrected chi connectivity index (χ2v) is 4.89. The molecule has 3 N–H and O–H groups in total. The first-order chi connectivity index (χ1) is 8.66. The first-order valence-electron chi connectivity index (χ1n) is 6.49. The van der Waals surface area contributed by atoms with Gasteiger partial charge in [-0.15, -0.1) is 0 Å². The van der Waals surface area contributed by atoms with Crippen molar-refractivity contribution in [2.75, 3.05) is 26.2 Å². The number of rotatable bonds is 3. The van der Waals surface area contributed by atoms with E-state index < -0.39 is 0 Å². The second kappa shape index (κ2) is 5.98. The van der Waals surface area contributed by atoms with Crippen LogP contribution >= 0.6 is 0 Å². The zero-order valence-electron chi connectivity index (χ0n) is 10.9. The molecule has 1 aromatic rings. The third-order valence-corrected chi connectivity index (χ3v) is 3.45. The van der Waals surface area contributed by atoms with E-state index in [0.29, 0.717) is 5.56 Å². The maximum absolute atomic E-state index is 11.1. The van der Waals surface area contributed by atoms with Crippen molar-refractivity contribution >= 4 is 5.91 Å². The number of nitrogens with two attached hydrogens (primary N) is 1. The Morgan fingerprint density at radius 3 is 2.94 bits per heavy atom. The van der Waals surface area contributed by atoms with Gasteiger partial charge >= 0.3 is 0 Å². The summed E-state index contributed by atoms with van der Waals surface area (Å²) in [6.07, 6.45) is 1.19. The number of hydrogen-bond donors (Lipinski definition) is 2. The number of benzene rings is 1. The average Bonchev–Trinajstić information content (AvgIpc) is 2.60. The van der Waals surface area contributed by atoms with Gasteiger partial charge in [-0.1, -0.05) is 6.07 Å². The molecule has 1 aromatic carbocycles. The Bertz CT molecular complexity index is 423. The highest BCUT2D eigenvalue weighted by atomic mass is 16.1. The third-order valence-electron chi connectivity index (χ3n) is 3.45. The van der Waals surface area contributed by atoms with Gasteiger partial charge in [0.1, 0.15) is 0 Å². The molecule has 0 aromatic heterocycles. The topological polar surface area (TPSA) is 58.4 Å². The molecule has 98 valence electrons. The predicted octanol–water partition coefficient (Wildman–Crippen LogP) is 0.889. The van der Waals surface area contributed by atoms with Gasteiger partial charge in [-0.2, -0.15) is 0 Å². The van der Waals surface area contributed by atoms with E-state index in [2.05, 4.69) is 10.2 Å². The average molecular weight is 247 g/mol. The number of hydrogen-bond acceptors (Lipinski definition) is 3. The molecule has 18 heavy (non-hydrogen) atoms. The van der Waals surface area contributed by atoms with Crippen molar-refractivity contribution in [1.82, 2.24) is 10.2 Å². The number of carbonyl (C=O) groups excluding carboxylic acids is 1. The quantitative estimate of drug-likeness (QED) is 0.834. The number of primary amides is 1. The Morgan fingerprint density at radius 2 is 2.22 bits per heavy atom. The molecular formula is C14H21N3O. The second-order valence-electron chi connectivity index (χ2n) is 4.89. The van der Waals surface area contributed by atoms with Crippen molar-refractivity contribution < 1.29 is 4.79 Å². The predicted molar refractivity (Wildman–Crippen MR) is 72.5 cm³/mol. The highest BCUT2D eigenvalue weighted by molar-refractivity contribution is 5.93. The van der Waals surface area contributed by atoms with Crippen molar-refractivity contribution in [3.05, 3.63) is 34.9 Å². The number of nitrogens with zero attached hydrogens (tertiary/aromatic N) is 1. The maximum Gasteiger partial charge on any atom is 0.248 e. The van der Waals surface area contributed by atoms with Gasteiger partial charge < -0.3 is 11.1 Å². The Hall–Kier alpha value is -1.39. The molecule has 4 nitrogen and oxygen atoms in total. The Balaban J connectivity index is 2.06. The van der Waals surface area contributed by atoms with Gasteiger partial charge in [0.2, 0.25) is 5.91 Å². The summed E-state index contributed by atoms with van der Waals surface area (Å²) in [6.45, 7) is 7.36. The molecule has 0 aliphatic carbocycles. The molecule has 0 radical (unpaired) electrons. The van der Waals surface area contributed by atoms with Crippen LogP contribution in [0.3, 0.4) is 0 Å². The SMILES string of the molecule is Cc1cc(C(N)=O)ccc1CN1CCCNCC1. The number of nitrogens with one attached hydrogen (secondary N) is 1. The zero-order valence-corrected chi connectivity index (χ0v) is 10.9. The van der Waals surface area contributed by atoms with E-state index in [1.54, 1.807) is 0 Å². The van der Waals surface area contributed by atoms with Crippen LogP contribution in [0.2, 0.25) is 0 Å². The molecule has 4 heteroatoms. The first kappa shape index (κ1) is 13.1. The molecule has 1 saturated heterocycles. The minimum atomic E-state index is -0.358. The van der Waals surface area contributed by atoms with Crippen molar-refractivity contribution in [2.45, 2.75) is 19.9 Å².